The molecule has 0 bridgehead atoms. The number of aromatic nitrogens is 2. The Labute approximate surface area is 237 Å². The van der Waals surface area contributed by atoms with Gasteiger partial charge in [0, 0.05) is 31.4 Å². The second-order valence-electron chi connectivity index (χ2n) is 12.6. The topological polar surface area (TPSA) is 96.2 Å². The second-order valence-corrected chi connectivity index (χ2v) is 12.6. The van der Waals surface area contributed by atoms with Crippen LogP contribution in [0.4, 0.5) is 4.79 Å². The predicted molar refractivity (Wildman–Crippen MR) is 154 cm³/mol. The summed E-state index contributed by atoms with van der Waals surface area (Å²) in [6.07, 6.45) is 1.04. The van der Waals surface area contributed by atoms with E-state index in [0.717, 1.165) is 16.7 Å². The molecule has 40 heavy (non-hydrogen) atoms. The first kappa shape index (κ1) is 28.9. The van der Waals surface area contributed by atoms with Gasteiger partial charge in [-0.15, -0.1) is 10.2 Å². The van der Waals surface area contributed by atoms with Gasteiger partial charge in [0.1, 0.15) is 11.3 Å². The predicted octanol–water partition coefficient (Wildman–Crippen LogP) is 7.50. The molecule has 2 atom stereocenters. The molecule has 1 aliphatic heterocycles. The number of hydrogen-bond donors (Lipinski definition) is 0. The van der Waals surface area contributed by atoms with E-state index in [0.29, 0.717) is 37.2 Å². The molecule has 1 aromatic heterocycles. The van der Waals surface area contributed by atoms with E-state index in [2.05, 4.69) is 16.3 Å². The zero-order valence-electron chi connectivity index (χ0n) is 24.3. The van der Waals surface area contributed by atoms with Gasteiger partial charge in [-0.1, -0.05) is 75.4 Å². The highest BCUT2D eigenvalue weighted by atomic mass is 16.6. The summed E-state index contributed by atoms with van der Waals surface area (Å²) in [7, 11) is 0. The molecular formula is C33H38N4O3. The molecule has 3 aromatic rings. The van der Waals surface area contributed by atoms with Gasteiger partial charge in [0.15, 0.2) is 5.78 Å². The number of cyclic esters (lactones) is 1. The van der Waals surface area contributed by atoms with Gasteiger partial charge < -0.3 is 9.64 Å². The van der Waals surface area contributed by atoms with Crippen molar-refractivity contribution in [3.63, 3.8) is 0 Å². The standard InChI is InChI=1S/C33H38N4O3/c1-23(24-12-14-25(15-13-24)27-16-17-28(36-35-27)29(38)20-31(2,3)4)37-19-18-33(40-30(37)39,21-32(5,6)22-34)26-10-8-7-9-11-26/h7-17,23H,18-21H2,1-6H3/t23-,33-/m0/s1. The number of hydrogen-bond acceptors (Lipinski definition) is 6. The van der Waals surface area contributed by atoms with Crippen LogP contribution in [0.1, 0.15) is 88.5 Å². The maximum atomic E-state index is 13.4. The third-order valence-corrected chi connectivity index (χ3v) is 7.40. The fourth-order valence-electron chi connectivity index (χ4n) is 5.27. The largest absolute Gasteiger partial charge is 0.438 e. The monoisotopic (exact) mass is 538 g/mol. The Kier molecular flexibility index (Phi) is 8.11. The Balaban J connectivity index is 1.48. The average Bonchev–Trinajstić information content (AvgIpc) is 2.92. The van der Waals surface area contributed by atoms with Crippen molar-refractivity contribution in [1.82, 2.24) is 15.1 Å². The van der Waals surface area contributed by atoms with Gasteiger partial charge in [0.05, 0.1) is 23.2 Å². The third-order valence-electron chi connectivity index (χ3n) is 7.40. The van der Waals surface area contributed by atoms with Crippen LogP contribution in [0.2, 0.25) is 0 Å². The van der Waals surface area contributed by atoms with Crippen LogP contribution < -0.4 is 0 Å². The lowest BCUT2D eigenvalue weighted by atomic mass is 9.75. The summed E-state index contributed by atoms with van der Waals surface area (Å²) in [4.78, 5) is 27.6. The highest BCUT2D eigenvalue weighted by Crippen LogP contribution is 2.44. The van der Waals surface area contributed by atoms with Crippen LogP contribution in [0, 0.1) is 22.2 Å². The van der Waals surface area contributed by atoms with Crippen LogP contribution in [-0.2, 0) is 10.3 Å². The summed E-state index contributed by atoms with van der Waals surface area (Å²) in [5.74, 6) is -0.0170. The minimum Gasteiger partial charge on any atom is -0.438 e. The van der Waals surface area contributed by atoms with Crippen molar-refractivity contribution in [2.24, 2.45) is 10.8 Å². The highest BCUT2D eigenvalue weighted by Gasteiger charge is 2.46. The number of benzene rings is 2. The Morgan fingerprint density at radius 2 is 1.70 bits per heavy atom. The van der Waals surface area contributed by atoms with E-state index in [9.17, 15) is 14.9 Å². The number of ketones is 1. The molecule has 2 aromatic carbocycles. The first-order valence-electron chi connectivity index (χ1n) is 13.8. The summed E-state index contributed by atoms with van der Waals surface area (Å²) >= 11 is 0. The molecule has 0 radical (unpaired) electrons. The SMILES string of the molecule is C[C@@H](c1ccc(-c2ccc(C(=O)CC(C)(C)C)nn2)cc1)N1CC[C@](CC(C)(C)C#N)(c2ccccc2)OC1=O. The van der Waals surface area contributed by atoms with E-state index in [1.54, 1.807) is 11.0 Å². The molecule has 1 saturated heterocycles. The van der Waals surface area contributed by atoms with Crippen molar-refractivity contribution >= 4 is 11.9 Å². The van der Waals surface area contributed by atoms with Crippen LogP contribution in [0.25, 0.3) is 11.3 Å². The lowest BCUT2D eigenvalue weighted by Gasteiger charge is -2.45. The smallest absolute Gasteiger partial charge is 0.411 e. The molecule has 1 aliphatic rings. The Morgan fingerprint density at radius 1 is 1.02 bits per heavy atom. The summed E-state index contributed by atoms with van der Waals surface area (Å²) in [5.41, 5.74) is 2.19. The van der Waals surface area contributed by atoms with Crippen LogP contribution in [-0.4, -0.2) is 33.5 Å². The normalized spacial score (nSPS) is 18.5. The molecular weight excluding hydrogens is 500 g/mol. The average molecular weight is 539 g/mol. The summed E-state index contributed by atoms with van der Waals surface area (Å²) in [6, 6.07) is 23.3. The van der Waals surface area contributed by atoms with Gasteiger partial charge in [-0.05, 0) is 49.4 Å². The molecule has 0 spiro atoms. The van der Waals surface area contributed by atoms with E-state index in [-0.39, 0.29) is 23.3 Å². The van der Waals surface area contributed by atoms with Crippen LogP contribution in [0.5, 0.6) is 0 Å². The van der Waals surface area contributed by atoms with Crippen molar-refractivity contribution in [1.29, 1.82) is 5.26 Å². The van der Waals surface area contributed by atoms with E-state index < -0.39 is 11.0 Å². The Hall–Kier alpha value is -4.05. The number of Topliss-reactive ketones (excluding diaryl/α,β-unsaturated/α-hetero) is 1. The molecule has 0 aliphatic carbocycles. The molecule has 208 valence electrons. The molecule has 7 nitrogen and oxygen atoms in total. The molecule has 1 amide bonds. The van der Waals surface area contributed by atoms with Gasteiger partial charge in [0.25, 0.3) is 0 Å². The van der Waals surface area contributed by atoms with Gasteiger partial charge in [0.2, 0.25) is 0 Å². The van der Waals surface area contributed by atoms with Gasteiger partial charge in [-0.25, -0.2) is 4.79 Å². The van der Waals surface area contributed by atoms with E-state index >= 15 is 0 Å². The quantitative estimate of drug-likeness (QED) is 0.276. The number of nitriles is 1. The number of ether oxygens (including phenoxy) is 1. The molecule has 0 saturated carbocycles. The number of rotatable bonds is 8. The maximum Gasteiger partial charge on any atom is 0.411 e. The van der Waals surface area contributed by atoms with E-state index in [1.165, 1.54) is 0 Å². The number of carbonyl (C=O) groups excluding carboxylic acids is 2. The van der Waals surface area contributed by atoms with Gasteiger partial charge >= 0.3 is 6.09 Å². The lowest BCUT2D eigenvalue weighted by Crippen LogP contribution is -2.50. The molecule has 0 N–H and O–H groups in total. The third kappa shape index (κ3) is 6.56. The minimum atomic E-state index is -0.850. The van der Waals surface area contributed by atoms with E-state index in [4.69, 9.17) is 4.74 Å². The van der Waals surface area contributed by atoms with Crippen LogP contribution in [0.15, 0.2) is 66.7 Å². The first-order valence-corrected chi connectivity index (χ1v) is 13.8. The van der Waals surface area contributed by atoms with Gasteiger partial charge in [-0.2, -0.15) is 5.26 Å². The number of nitrogens with zero attached hydrogens (tertiary/aromatic N) is 4. The zero-order chi connectivity index (χ0) is 29.1. The minimum absolute atomic E-state index is 0.0170. The molecule has 2 heterocycles. The Bertz CT molecular complexity index is 1390. The summed E-state index contributed by atoms with van der Waals surface area (Å²) in [5, 5.41) is 18.1. The van der Waals surface area contributed by atoms with Crippen molar-refractivity contribution in [2.75, 3.05) is 6.54 Å². The fraction of sp³-hybridized carbons (Fsp3) is 0.424. The van der Waals surface area contributed by atoms with Gasteiger partial charge in [-0.3, -0.25) is 4.79 Å². The van der Waals surface area contributed by atoms with E-state index in [1.807, 2.05) is 102 Å². The van der Waals surface area contributed by atoms with Crippen LogP contribution in [0.3, 0.4) is 0 Å². The number of carbonyl (C=O) groups is 2. The lowest BCUT2D eigenvalue weighted by molar-refractivity contribution is -0.0770. The van der Waals surface area contributed by atoms with Crippen molar-refractivity contribution in [3.05, 3.63) is 83.6 Å². The Morgan fingerprint density at radius 3 is 2.25 bits per heavy atom. The zero-order valence-corrected chi connectivity index (χ0v) is 24.3. The molecule has 7 heteroatoms. The molecule has 1 fully saturated rings. The maximum absolute atomic E-state index is 13.4. The van der Waals surface area contributed by atoms with Crippen molar-refractivity contribution < 1.29 is 14.3 Å². The number of amides is 1. The first-order chi connectivity index (χ1) is 18.8. The fourth-order valence-corrected chi connectivity index (χ4v) is 5.27. The van der Waals surface area contributed by atoms with Crippen molar-refractivity contribution in [3.8, 4) is 17.3 Å². The highest BCUT2D eigenvalue weighted by molar-refractivity contribution is 5.94. The second kappa shape index (κ2) is 11.2. The van der Waals surface area contributed by atoms with Crippen LogP contribution >= 0.6 is 0 Å². The molecule has 0 unspecified atom stereocenters. The summed E-state index contributed by atoms with van der Waals surface area (Å²) in [6.45, 7) is 12.3. The summed E-state index contributed by atoms with van der Waals surface area (Å²) < 4.78 is 6.20. The molecule has 4 rings (SSSR count). The van der Waals surface area contributed by atoms with Crippen molar-refractivity contribution in [2.45, 2.75) is 72.4 Å².